The number of nitrogens with zero attached hydrogens (tertiary/aromatic N) is 2. The van der Waals surface area contributed by atoms with E-state index in [0.717, 1.165) is 5.39 Å². The number of aromatic amines is 1. The minimum absolute atomic E-state index is 0.00981. The lowest BCUT2D eigenvalue weighted by Gasteiger charge is -2.04. The zero-order valence-corrected chi connectivity index (χ0v) is 9.32. The minimum Gasteiger partial charge on any atom is -0.311 e. The second-order valence-electron chi connectivity index (χ2n) is 4.12. The number of carbonyl (C=O) groups excluding carboxylic acids is 1. The molecule has 0 saturated heterocycles. The van der Waals surface area contributed by atoms with Crippen molar-refractivity contribution in [2.75, 3.05) is 5.32 Å². The fourth-order valence-corrected chi connectivity index (χ4v) is 1.51. The first kappa shape index (κ1) is 10.6. The van der Waals surface area contributed by atoms with E-state index in [1.54, 1.807) is 6.20 Å². The summed E-state index contributed by atoms with van der Waals surface area (Å²) in [5.74, 6) is 0.950. The third kappa shape index (κ3) is 2.18. The molecule has 0 atom stereocenters. The van der Waals surface area contributed by atoms with Crippen LogP contribution in [0.15, 0.2) is 18.3 Å². The number of nitrogens with one attached hydrogen (secondary N) is 2. The van der Waals surface area contributed by atoms with E-state index < -0.39 is 0 Å². The van der Waals surface area contributed by atoms with Crippen LogP contribution in [0.4, 0.5) is 5.82 Å². The Kier molecular flexibility index (Phi) is 2.85. The number of fused-ring (bicyclic) bond motifs is 1. The Morgan fingerprint density at radius 2 is 2.38 bits per heavy atom. The topological polar surface area (TPSA) is 70.7 Å². The molecule has 2 N–H and O–H groups in total. The van der Waals surface area contributed by atoms with Gasteiger partial charge < -0.3 is 5.32 Å². The summed E-state index contributed by atoms with van der Waals surface area (Å²) < 4.78 is 0. The first-order valence-corrected chi connectivity index (χ1v) is 5.25. The predicted molar refractivity (Wildman–Crippen MR) is 62.0 cm³/mol. The smallest absolute Gasteiger partial charge is 0.225 e. The molecule has 0 unspecified atom stereocenters. The number of hydrogen-bond acceptors (Lipinski definition) is 3. The van der Waals surface area contributed by atoms with Crippen molar-refractivity contribution >= 4 is 22.8 Å². The van der Waals surface area contributed by atoms with Gasteiger partial charge in [0, 0.05) is 12.6 Å². The monoisotopic (exact) mass is 218 g/mol. The highest BCUT2D eigenvalue weighted by Gasteiger charge is 2.10. The van der Waals surface area contributed by atoms with Crippen LogP contribution in [0.25, 0.3) is 11.0 Å². The van der Waals surface area contributed by atoms with E-state index >= 15 is 0 Å². The third-order valence-electron chi connectivity index (χ3n) is 2.19. The van der Waals surface area contributed by atoms with Gasteiger partial charge in [0.25, 0.3) is 0 Å². The second kappa shape index (κ2) is 4.30. The maximum absolute atomic E-state index is 11.6. The Morgan fingerprint density at radius 1 is 1.56 bits per heavy atom. The first-order chi connectivity index (χ1) is 7.66. The fraction of sp³-hybridized carbons (Fsp3) is 0.364. The highest BCUT2D eigenvalue weighted by atomic mass is 16.1. The van der Waals surface area contributed by atoms with Gasteiger partial charge in [0.2, 0.25) is 5.91 Å². The lowest BCUT2D eigenvalue weighted by atomic mass is 10.1. The number of amides is 1. The highest BCUT2D eigenvalue weighted by molar-refractivity contribution is 5.98. The Labute approximate surface area is 93.3 Å². The average molecular weight is 218 g/mol. The lowest BCUT2D eigenvalue weighted by Crippen LogP contribution is -2.14. The summed E-state index contributed by atoms with van der Waals surface area (Å²) in [4.78, 5) is 15.7. The summed E-state index contributed by atoms with van der Waals surface area (Å²) in [7, 11) is 0. The molecule has 5 nitrogen and oxygen atoms in total. The molecule has 0 aliphatic carbocycles. The summed E-state index contributed by atoms with van der Waals surface area (Å²) in [5, 5.41) is 10.4. The molecule has 0 saturated carbocycles. The van der Waals surface area contributed by atoms with Crippen LogP contribution in [-0.4, -0.2) is 21.1 Å². The molecule has 2 aromatic rings. The van der Waals surface area contributed by atoms with Gasteiger partial charge >= 0.3 is 0 Å². The van der Waals surface area contributed by atoms with E-state index in [0.29, 0.717) is 23.8 Å². The number of carbonyl (C=O) groups is 1. The van der Waals surface area contributed by atoms with Gasteiger partial charge in [0.15, 0.2) is 5.65 Å². The van der Waals surface area contributed by atoms with Gasteiger partial charge in [-0.25, -0.2) is 4.98 Å². The number of pyridine rings is 1. The normalized spacial score (nSPS) is 10.9. The molecular weight excluding hydrogens is 204 g/mol. The molecule has 2 heterocycles. The molecule has 5 heteroatoms. The standard InChI is InChI=1S/C11H14N4O/c1-7(2)6-9(16)13-11-8-4-3-5-12-10(8)14-15-11/h3-5,7H,6H2,1-2H3,(H2,12,13,14,15,16). The maximum atomic E-state index is 11.6. The van der Waals surface area contributed by atoms with Crippen molar-refractivity contribution in [1.82, 2.24) is 15.2 Å². The summed E-state index contributed by atoms with van der Waals surface area (Å²) in [6.07, 6.45) is 2.17. The molecule has 0 radical (unpaired) electrons. The van der Waals surface area contributed by atoms with E-state index in [1.165, 1.54) is 0 Å². The zero-order chi connectivity index (χ0) is 11.5. The van der Waals surface area contributed by atoms with Crippen LogP contribution < -0.4 is 5.32 Å². The van der Waals surface area contributed by atoms with Crippen molar-refractivity contribution in [3.63, 3.8) is 0 Å². The van der Waals surface area contributed by atoms with E-state index in [-0.39, 0.29) is 5.91 Å². The number of aromatic nitrogens is 3. The van der Waals surface area contributed by atoms with Gasteiger partial charge in [-0.3, -0.25) is 9.89 Å². The fourth-order valence-electron chi connectivity index (χ4n) is 1.51. The Balaban J connectivity index is 2.18. The van der Waals surface area contributed by atoms with Gasteiger partial charge in [-0.1, -0.05) is 13.8 Å². The van der Waals surface area contributed by atoms with Crippen molar-refractivity contribution in [3.8, 4) is 0 Å². The van der Waals surface area contributed by atoms with Crippen LogP contribution in [0.1, 0.15) is 20.3 Å². The van der Waals surface area contributed by atoms with E-state index in [2.05, 4.69) is 20.5 Å². The molecule has 0 spiro atoms. The molecule has 0 aromatic carbocycles. The molecule has 0 fully saturated rings. The predicted octanol–water partition coefficient (Wildman–Crippen LogP) is 1.94. The number of H-pyrrole nitrogens is 1. The van der Waals surface area contributed by atoms with Crippen LogP contribution in [-0.2, 0) is 4.79 Å². The molecule has 0 aliphatic rings. The van der Waals surface area contributed by atoms with Crippen LogP contribution >= 0.6 is 0 Å². The van der Waals surface area contributed by atoms with Crippen molar-refractivity contribution in [3.05, 3.63) is 18.3 Å². The summed E-state index contributed by atoms with van der Waals surface area (Å²) in [6, 6.07) is 3.69. The van der Waals surface area contributed by atoms with E-state index in [4.69, 9.17) is 0 Å². The quantitative estimate of drug-likeness (QED) is 0.827. The summed E-state index contributed by atoms with van der Waals surface area (Å²) >= 11 is 0. The largest absolute Gasteiger partial charge is 0.311 e. The van der Waals surface area contributed by atoms with Crippen LogP contribution in [0, 0.1) is 5.92 Å². The van der Waals surface area contributed by atoms with Gasteiger partial charge in [-0.2, -0.15) is 5.10 Å². The molecule has 0 aliphatic heterocycles. The Morgan fingerprint density at radius 3 is 3.12 bits per heavy atom. The first-order valence-electron chi connectivity index (χ1n) is 5.25. The number of rotatable bonds is 3. The zero-order valence-electron chi connectivity index (χ0n) is 9.32. The van der Waals surface area contributed by atoms with Crippen LogP contribution in [0.2, 0.25) is 0 Å². The second-order valence-corrected chi connectivity index (χ2v) is 4.12. The third-order valence-corrected chi connectivity index (χ3v) is 2.19. The van der Waals surface area contributed by atoms with Crippen molar-refractivity contribution in [1.29, 1.82) is 0 Å². The average Bonchev–Trinajstić information content (AvgIpc) is 2.61. The molecule has 84 valence electrons. The van der Waals surface area contributed by atoms with Crippen molar-refractivity contribution < 1.29 is 4.79 Å². The highest BCUT2D eigenvalue weighted by Crippen LogP contribution is 2.18. The van der Waals surface area contributed by atoms with E-state index in [9.17, 15) is 4.79 Å². The lowest BCUT2D eigenvalue weighted by molar-refractivity contribution is -0.116. The summed E-state index contributed by atoms with van der Waals surface area (Å²) in [5.41, 5.74) is 0.613. The molecule has 16 heavy (non-hydrogen) atoms. The molecular formula is C11H14N4O. The molecule has 1 amide bonds. The van der Waals surface area contributed by atoms with Gasteiger partial charge in [-0.05, 0) is 18.1 Å². The minimum atomic E-state index is -0.00981. The van der Waals surface area contributed by atoms with Gasteiger partial charge in [-0.15, -0.1) is 0 Å². The van der Waals surface area contributed by atoms with E-state index in [1.807, 2.05) is 26.0 Å². The van der Waals surface area contributed by atoms with Gasteiger partial charge in [0.1, 0.15) is 5.82 Å². The molecule has 0 bridgehead atoms. The number of hydrogen-bond donors (Lipinski definition) is 2. The van der Waals surface area contributed by atoms with Crippen LogP contribution in [0.5, 0.6) is 0 Å². The van der Waals surface area contributed by atoms with Crippen molar-refractivity contribution in [2.24, 2.45) is 5.92 Å². The maximum Gasteiger partial charge on any atom is 0.225 e. The molecule has 2 aromatic heterocycles. The van der Waals surface area contributed by atoms with Crippen molar-refractivity contribution in [2.45, 2.75) is 20.3 Å². The molecule has 2 rings (SSSR count). The summed E-state index contributed by atoms with van der Waals surface area (Å²) in [6.45, 7) is 4.01. The number of anilines is 1. The van der Waals surface area contributed by atoms with Gasteiger partial charge in [0.05, 0.1) is 5.39 Å². The van der Waals surface area contributed by atoms with Crippen LogP contribution in [0.3, 0.4) is 0 Å². The SMILES string of the molecule is CC(C)CC(=O)Nc1[nH]nc2ncccc12. The Bertz CT molecular complexity index is 503. The Hall–Kier alpha value is -1.91.